The van der Waals surface area contributed by atoms with Crippen molar-refractivity contribution >= 4 is 41.0 Å². The molecule has 4 N–H and O–H groups in total. The summed E-state index contributed by atoms with van der Waals surface area (Å²) < 4.78 is 36.5. The van der Waals surface area contributed by atoms with Gasteiger partial charge in [-0.15, -0.1) is 0 Å². The van der Waals surface area contributed by atoms with Crippen LogP contribution in [0.15, 0.2) is 24.3 Å². The Balaban J connectivity index is 0.000000156. The third-order valence-corrected chi connectivity index (χ3v) is 32.2. The number of rotatable bonds is 9. The van der Waals surface area contributed by atoms with Crippen molar-refractivity contribution in [3.05, 3.63) is 34.4 Å². The van der Waals surface area contributed by atoms with Gasteiger partial charge in [0.05, 0.1) is 47.7 Å². The topological polar surface area (TPSA) is 249 Å². The van der Waals surface area contributed by atoms with Gasteiger partial charge in [0, 0.05) is 81.3 Å². The molecule has 0 bridgehead atoms. The lowest BCUT2D eigenvalue weighted by Gasteiger charge is -2.63. The second-order valence-electron chi connectivity index (χ2n) is 38.0. The Bertz CT molecular complexity index is 3250. The number of nitrogens with one attached hydrogen (secondary N) is 1. The number of non-ortho nitro benzene ring substituents is 1. The quantitative estimate of drug-likeness (QED) is 0.0776. The number of benzene rings is 1. The molecule has 0 aromatic heterocycles. The van der Waals surface area contributed by atoms with Crippen LogP contribution < -0.4 is 10.1 Å². The second-order valence-corrected chi connectivity index (χ2v) is 38.3. The molecule has 0 radical (unpaired) electrons. The van der Waals surface area contributed by atoms with E-state index in [9.17, 15) is 44.6 Å². The van der Waals surface area contributed by atoms with Crippen LogP contribution in [0.2, 0.25) is 0 Å². The van der Waals surface area contributed by atoms with E-state index in [4.69, 9.17) is 35.3 Å². The van der Waals surface area contributed by atoms with E-state index in [-0.39, 0.29) is 140 Å². The maximum Gasteiger partial charge on any atom is 0.410 e. The number of nitro benzene ring substituents is 1. The van der Waals surface area contributed by atoms with Gasteiger partial charge >= 0.3 is 23.7 Å². The lowest BCUT2D eigenvalue weighted by atomic mass is 9.41. The van der Waals surface area contributed by atoms with Crippen LogP contribution in [0.5, 0.6) is 5.75 Å². The second kappa shape index (κ2) is 27.0. The van der Waals surface area contributed by atoms with Crippen LogP contribution in [0.4, 0.5) is 24.9 Å². The number of carbonyl (C=O) groups excluding carboxylic acids is 4. The van der Waals surface area contributed by atoms with E-state index in [0.29, 0.717) is 52.3 Å². The van der Waals surface area contributed by atoms with Gasteiger partial charge in [0.25, 0.3) is 5.69 Å². The maximum atomic E-state index is 12.9. The summed E-state index contributed by atoms with van der Waals surface area (Å²) in [6.07, 6.45) is 16.6. The predicted molar refractivity (Wildman–Crippen MR) is 385 cm³/mol. The molecule has 4 saturated heterocycles. The molecular formula is C80H126ClN5O15. The molecule has 14 aliphatic rings. The fourth-order valence-corrected chi connectivity index (χ4v) is 26.7. The number of aliphatic hydroxyl groups is 3. The number of aliphatic hydroxyl groups excluding tert-OH is 3. The lowest BCUT2D eigenvalue weighted by molar-refractivity contribution is -0.384. The zero-order valence-corrected chi connectivity index (χ0v) is 65.1. The van der Waals surface area contributed by atoms with Crippen LogP contribution in [0.3, 0.4) is 0 Å². The summed E-state index contributed by atoms with van der Waals surface area (Å²) in [5.74, 6) is 3.82. The Morgan fingerprint density at radius 3 is 1.40 bits per heavy atom. The number of carbonyl (C=O) groups is 4. The van der Waals surface area contributed by atoms with E-state index >= 15 is 0 Å². The monoisotopic (exact) mass is 1430 g/mol. The van der Waals surface area contributed by atoms with Crippen molar-refractivity contribution in [1.29, 1.82) is 0 Å². The molecule has 1 aromatic carbocycles. The number of halogens is 1. The predicted octanol–water partition coefficient (Wildman–Crippen LogP) is 14.9. The van der Waals surface area contributed by atoms with Gasteiger partial charge in [-0.2, -0.15) is 0 Å². The summed E-state index contributed by atoms with van der Waals surface area (Å²) in [7, 11) is 6.87. The van der Waals surface area contributed by atoms with Gasteiger partial charge in [0.2, 0.25) is 0 Å². The first kappa shape index (κ1) is 76.6. The maximum absolute atomic E-state index is 12.9. The molecule has 26 atom stereocenters. The molecule has 4 heterocycles. The Morgan fingerprint density at radius 2 is 1.02 bits per heavy atom. The third kappa shape index (κ3) is 11.8. The number of hydrogen-bond acceptors (Lipinski definition) is 16. The summed E-state index contributed by atoms with van der Waals surface area (Å²) in [6.45, 7) is 36.4. The fraction of sp³-hybridized carbons (Fsp3) is 0.875. The molecule has 4 spiro atoms. The Hall–Kier alpha value is -4.05. The van der Waals surface area contributed by atoms with Crippen molar-refractivity contribution in [2.24, 2.45) is 113 Å². The molecule has 10 aliphatic carbocycles. The Kier molecular flexibility index (Phi) is 20.5. The molecule has 568 valence electrons. The van der Waals surface area contributed by atoms with Crippen molar-refractivity contribution in [3.63, 3.8) is 0 Å². The molecule has 15 rings (SSSR count). The van der Waals surface area contributed by atoms with Crippen molar-refractivity contribution in [2.45, 2.75) is 274 Å². The molecule has 0 unspecified atom stereocenters. The first-order valence-electron chi connectivity index (χ1n) is 39.1. The molecule has 21 heteroatoms. The molecule has 14 fully saturated rings. The standard InChI is InChI=1S/C37H60N2O6.C33H55NO5.C7H4ClNO4.C3H7N/c1-21(2)28(45-31(41)38(8)9)23-19-22(3)27-29(43-23)30(40)35(7)25-12-11-24-33(4,5)26(44-32(42)39-17-10-18-39)13-14-36(24)20-37(25,36)16-15-34(27,35)6;1-18(2)25(39-28(37)34(8)9)20-16-19(3)24-26(38-20)27(36)31(7)22-11-10-21-29(4,5)23(35)12-13-32(21)17-33(22,32)15-14-30(24,31)6;8-7(10)13-6-3-1-5(2-4-6)9(11)12;1-2-4-3-1/h21-30,40H,10-20H2,1-9H3;18-27,35-36H,10-17H2,1-9H3;1-4H;4H,1-3H2/t22-,23-,24+,25+,26+,27+,28-,29+,30+,34-,35-,36-,37+;19-,20-,21+,22+,23+,24+,25-,26+,27+,30-,31-,32-,33+;;/m11../s1. The molecule has 101 heavy (non-hydrogen) atoms. The number of ether oxygens (including phenoxy) is 6. The van der Waals surface area contributed by atoms with E-state index in [1.807, 2.05) is 4.90 Å². The zero-order chi connectivity index (χ0) is 73.7. The van der Waals surface area contributed by atoms with Gasteiger partial charge in [-0.3, -0.25) is 10.1 Å². The Labute approximate surface area is 607 Å². The minimum Gasteiger partial charge on any atom is -0.446 e. The largest absolute Gasteiger partial charge is 0.446 e. The van der Waals surface area contributed by atoms with Gasteiger partial charge in [-0.1, -0.05) is 96.9 Å². The molecule has 1 aromatic rings. The lowest BCUT2D eigenvalue weighted by Crippen LogP contribution is -2.60. The number of hydrogen-bond donors (Lipinski definition) is 4. The van der Waals surface area contributed by atoms with Crippen molar-refractivity contribution < 1.29 is 67.8 Å². The van der Waals surface area contributed by atoms with Crippen LogP contribution >= 0.6 is 11.6 Å². The summed E-state index contributed by atoms with van der Waals surface area (Å²) in [5, 5.41) is 49.2. The molecule has 10 saturated carbocycles. The molecule has 3 amide bonds. The average Bonchev–Trinajstić information content (AvgIpc) is 1.47. The smallest absolute Gasteiger partial charge is 0.410 e. The van der Waals surface area contributed by atoms with E-state index in [1.165, 1.54) is 85.7 Å². The minimum absolute atomic E-state index is 0.0128. The van der Waals surface area contributed by atoms with E-state index in [2.05, 4.69) is 107 Å². The first-order chi connectivity index (χ1) is 47.2. The molecule has 20 nitrogen and oxygen atoms in total. The van der Waals surface area contributed by atoms with Crippen molar-refractivity contribution in [2.75, 3.05) is 54.4 Å². The number of nitrogens with zero attached hydrogens (tertiary/aromatic N) is 4. The van der Waals surface area contributed by atoms with Crippen molar-refractivity contribution in [3.8, 4) is 5.75 Å². The highest BCUT2D eigenvalue weighted by molar-refractivity contribution is 6.61. The highest BCUT2D eigenvalue weighted by atomic mass is 35.5. The van der Waals surface area contributed by atoms with Gasteiger partial charge in [-0.25, -0.2) is 19.2 Å². The zero-order valence-electron chi connectivity index (χ0n) is 64.3. The van der Waals surface area contributed by atoms with Crippen LogP contribution in [0.25, 0.3) is 0 Å². The first-order valence-corrected chi connectivity index (χ1v) is 39.5. The van der Waals surface area contributed by atoms with Gasteiger partial charge in [0.1, 0.15) is 24.1 Å². The highest BCUT2D eigenvalue weighted by Crippen LogP contribution is 2.91. The van der Waals surface area contributed by atoms with Gasteiger partial charge < -0.3 is 63.8 Å². The molecular weight excluding hydrogens is 1310 g/mol. The summed E-state index contributed by atoms with van der Waals surface area (Å²) >= 11 is 4.92. The summed E-state index contributed by atoms with van der Waals surface area (Å²) in [4.78, 5) is 62.8. The third-order valence-electron chi connectivity index (χ3n) is 32.1. The van der Waals surface area contributed by atoms with E-state index in [1.54, 1.807) is 28.2 Å². The number of nitro groups is 1. The SMILES string of the molecule is C1CNC1.CC(C)[C@@H](OC(=O)N(C)C)[C@H]1C[C@@H](C)[C@H]2[C@H](O1)[C@H](O)[C@@]1(C)[C@@H]3CC[C@H]4C(C)(C)[C@@H](O)CC[C@@]45C[C@@]35CC[C@]21C.CC(C)[C@@H](OC(=O)N(C)C)[C@H]1C[C@@H](C)[C@H]2[C@H](O1)[C@H](O)[C@@]1(C)[C@@H]3CC[C@H]4C(C)(C)[C@@H](OC(=O)N5CCC5)CC[C@@]45C[C@@]35CC[C@]21C.O=C(Cl)Oc1ccc([N+](=O)[O-])cc1. The van der Waals surface area contributed by atoms with Crippen LogP contribution in [-0.2, 0) is 23.7 Å². The summed E-state index contributed by atoms with van der Waals surface area (Å²) in [6, 6.07) is 5.02. The average molecular weight is 1430 g/mol. The number of fused-ring (bicyclic) bond motifs is 8. The highest BCUT2D eigenvalue weighted by Gasteiger charge is 2.87. The van der Waals surface area contributed by atoms with Crippen molar-refractivity contribution in [1.82, 2.24) is 20.0 Å². The van der Waals surface area contributed by atoms with Gasteiger partial charge in [-0.05, 0) is 238 Å². The van der Waals surface area contributed by atoms with Crippen LogP contribution in [0, 0.1) is 123 Å². The van der Waals surface area contributed by atoms with Crippen LogP contribution in [-0.4, -0.2) is 174 Å². The Morgan fingerprint density at radius 1 is 0.614 bits per heavy atom. The fourth-order valence-electron chi connectivity index (χ4n) is 26.6. The normalized spacial score (nSPS) is 45.1. The van der Waals surface area contributed by atoms with Gasteiger partial charge in [0.15, 0.2) is 0 Å². The van der Waals surface area contributed by atoms with Crippen LogP contribution in [0.1, 0.15) is 213 Å². The van der Waals surface area contributed by atoms with E-state index < -0.39 is 22.6 Å². The number of amides is 3. The minimum atomic E-state index is -0.978. The van der Waals surface area contributed by atoms with E-state index in [0.717, 1.165) is 90.1 Å². The number of likely N-dealkylation sites (tertiary alicyclic amines) is 1. The summed E-state index contributed by atoms with van der Waals surface area (Å²) in [5.41, 5.74) is -0.385. The molecule has 4 aliphatic heterocycles.